The van der Waals surface area contributed by atoms with E-state index in [1.54, 1.807) is 6.07 Å². The van der Waals surface area contributed by atoms with Crippen LogP contribution in [-0.4, -0.2) is 49.9 Å². The number of hydrazine groups is 1. The molecule has 1 aromatic rings. The lowest BCUT2D eigenvalue weighted by atomic mass is 10.1. The Bertz CT molecular complexity index is 392. The molecule has 0 unspecified atom stereocenters. The molecule has 1 aromatic carbocycles. The third-order valence-corrected chi connectivity index (χ3v) is 2.70. The van der Waals surface area contributed by atoms with Gasteiger partial charge in [-0.2, -0.15) is 0 Å². The molecule has 0 saturated heterocycles. The van der Waals surface area contributed by atoms with Crippen LogP contribution in [0.25, 0.3) is 0 Å². The highest BCUT2D eigenvalue weighted by molar-refractivity contribution is 5.93. The average Bonchev–Trinajstić information content (AvgIpc) is 2.35. The molecule has 0 fully saturated rings. The first-order valence-corrected chi connectivity index (χ1v) is 5.96. The summed E-state index contributed by atoms with van der Waals surface area (Å²) in [5, 5.41) is 0. The molecule has 18 heavy (non-hydrogen) atoms. The molecule has 1 amide bonds. The summed E-state index contributed by atoms with van der Waals surface area (Å²) < 4.78 is 0. The molecule has 0 bridgehead atoms. The number of benzene rings is 1. The van der Waals surface area contributed by atoms with Gasteiger partial charge >= 0.3 is 0 Å². The van der Waals surface area contributed by atoms with Gasteiger partial charge in [-0.25, -0.2) is 5.84 Å². The van der Waals surface area contributed by atoms with Crippen LogP contribution in [0, 0.1) is 0 Å². The Morgan fingerprint density at radius 3 is 2.61 bits per heavy atom. The zero-order valence-electron chi connectivity index (χ0n) is 11.3. The molecular weight excluding hydrogens is 228 g/mol. The Morgan fingerprint density at radius 2 is 2.00 bits per heavy atom. The lowest BCUT2D eigenvalue weighted by molar-refractivity contribution is 0.0953. The predicted octanol–water partition coefficient (Wildman–Crippen LogP) is 0.284. The van der Waals surface area contributed by atoms with Crippen molar-refractivity contribution in [1.82, 2.24) is 15.2 Å². The topological polar surface area (TPSA) is 61.6 Å². The second-order valence-corrected chi connectivity index (χ2v) is 4.71. The Labute approximate surface area is 109 Å². The molecular formula is C13H22N4O. The van der Waals surface area contributed by atoms with Crippen molar-refractivity contribution < 1.29 is 4.79 Å². The molecule has 0 atom stereocenters. The monoisotopic (exact) mass is 250 g/mol. The van der Waals surface area contributed by atoms with Gasteiger partial charge in [-0.05, 0) is 38.8 Å². The van der Waals surface area contributed by atoms with Gasteiger partial charge in [0.25, 0.3) is 5.91 Å². The lowest BCUT2D eigenvalue weighted by Gasteiger charge is -2.19. The number of nitrogen functional groups attached to an aromatic ring is 1. The zero-order chi connectivity index (χ0) is 13.5. The van der Waals surface area contributed by atoms with Crippen LogP contribution < -0.4 is 11.3 Å². The highest BCUT2D eigenvalue weighted by Gasteiger charge is 2.06. The molecule has 0 aliphatic carbocycles. The largest absolute Gasteiger partial charge is 0.308 e. The van der Waals surface area contributed by atoms with Gasteiger partial charge in [-0.3, -0.25) is 10.2 Å². The molecule has 0 aliphatic heterocycles. The van der Waals surface area contributed by atoms with Crippen LogP contribution in [0.2, 0.25) is 0 Å². The van der Waals surface area contributed by atoms with Crippen LogP contribution in [0.4, 0.5) is 0 Å². The number of hydrogen-bond donors (Lipinski definition) is 2. The zero-order valence-corrected chi connectivity index (χ0v) is 11.3. The normalized spacial score (nSPS) is 11.0. The van der Waals surface area contributed by atoms with Crippen molar-refractivity contribution in [3.63, 3.8) is 0 Å². The van der Waals surface area contributed by atoms with Crippen molar-refractivity contribution in [2.24, 2.45) is 5.84 Å². The van der Waals surface area contributed by atoms with Gasteiger partial charge in [0.2, 0.25) is 0 Å². The van der Waals surface area contributed by atoms with Crippen LogP contribution in [-0.2, 0) is 6.54 Å². The van der Waals surface area contributed by atoms with E-state index in [0.29, 0.717) is 5.56 Å². The van der Waals surface area contributed by atoms with Crippen LogP contribution in [0.3, 0.4) is 0 Å². The highest BCUT2D eigenvalue weighted by Crippen LogP contribution is 2.07. The van der Waals surface area contributed by atoms with E-state index in [9.17, 15) is 4.79 Å². The van der Waals surface area contributed by atoms with E-state index >= 15 is 0 Å². The van der Waals surface area contributed by atoms with Crippen molar-refractivity contribution in [1.29, 1.82) is 0 Å². The van der Waals surface area contributed by atoms with Crippen LogP contribution in [0.1, 0.15) is 15.9 Å². The molecule has 3 N–H and O–H groups in total. The maximum absolute atomic E-state index is 11.4. The minimum Gasteiger partial charge on any atom is -0.308 e. The summed E-state index contributed by atoms with van der Waals surface area (Å²) in [6.45, 7) is 2.82. The average molecular weight is 250 g/mol. The summed E-state index contributed by atoms with van der Waals surface area (Å²) >= 11 is 0. The van der Waals surface area contributed by atoms with E-state index in [0.717, 1.165) is 25.2 Å². The third-order valence-electron chi connectivity index (χ3n) is 2.70. The van der Waals surface area contributed by atoms with E-state index < -0.39 is 0 Å². The number of carbonyl (C=O) groups excluding carboxylic acids is 1. The van der Waals surface area contributed by atoms with Crippen molar-refractivity contribution in [2.45, 2.75) is 6.54 Å². The van der Waals surface area contributed by atoms with Crippen molar-refractivity contribution in [3.8, 4) is 0 Å². The number of likely N-dealkylation sites (N-methyl/N-ethyl adjacent to an activating group) is 2. The fourth-order valence-electron chi connectivity index (χ4n) is 1.66. The minimum absolute atomic E-state index is 0.257. The molecule has 0 aromatic heterocycles. The molecule has 0 saturated carbocycles. The van der Waals surface area contributed by atoms with Gasteiger partial charge in [-0.15, -0.1) is 0 Å². The minimum atomic E-state index is -0.257. The molecule has 0 radical (unpaired) electrons. The number of carbonyl (C=O) groups is 1. The smallest absolute Gasteiger partial charge is 0.265 e. The van der Waals surface area contributed by atoms with Gasteiger partial charge in [0, 0.05) is 25.2 Å². The van der Waals surface area contributed by atoms with E-state index in [4.69, 9.17) is 5.84 Å². The molecule has 0 aliphatic rings. The van der Waals surface area contributed by atoms with E-state index in [-0.39, 0.29) is 5.91 Å². The quantitative estimate of drug-likeness (QED) is 0.432. The lowest BCUT2D eigenvalue weighted by Crippen LogP contribution is -2.30. The van der Waals surface area contributed by atoms with Crippen LogP contribution >= 0.6 is 0 Å². The molecule has 0 heterocycles. The second-order valence-electron chi connectivity index (χ2n) is 4.71. The number of hydrogen-bond acceptors (Lipinski definition) is 4. The van der Waals surface area contributed by atoms with E-state index in [1.807, 2.05) is 18.2 Å². The predicted molar refractivity (Wildman–Crippen MR) is 73.0 cm³/mol. The summed E-state index contributed by atoms with van der Waals surface area (Å²) in [5.41, 5.74) is 3.84. The molecule has 100 valence electrons. The van der Waals surface area contributed by atoms with Gasteiger partial charge in [0.1, 0.15) is 0 Å². The second kappa shape index (κ2) is 7.10. The first kappa shape index (κ1) is 14.6. The summed E-state index contributed by atoms with van der Waals surface area (Å²) in [6, 6.07) is 7.51. The molecule has 1 rings (SSSR count). The van der Waals surface area contributed by atoms with Crippen molar-refractivity contribution >= 4 is 5.91 Å². The molecule has 5 heteroatoms. The highest BCUT2D eigenvalue weighted by atomic mass is 16.2. The third kappa shape index (κ3) is 4.83. The Morgan fingerprint density at radius 1 is 1.28 bits per heavy atom. The number of nitrogens with zero attached hydrogens (tertiary/aromatic N) is 2. The maximum Gasteiger partial charge on any atom is 0.265 e. The molecule has 5 nitrogen and oxygen atoms in total. The van der Waals surface area contributed by atoms with E-state index in [2.05, 4.69) is 36.4 Å². The first-order chi connectivity index (χ1) is 8.52. The van der Waals surface area contributed by atoms with Gasteiger partial charge in [0.15, 0.2) is 0 Å². The number of amides is 1. The summed E-state index contributed by atoms with van der Waals surface area (Å²) in [7, 11) is 6.18. The summed E-state index contributed by atoms with van der Waals surface area (Å²) in [5.74, 6) is 4.86. The number of nitrogens with one attached hydrogen (secondary N) is 1. The van der Waals surface area contributed by atoms with Crippen molar-refractivity contribution in [3.05, 3.63) is 35.4 Å². The fraction of sp³-hybridized carbons (Fsp3) is 0.462. The summed E-state index contributed by atoms with van der Waals surface area (Å²) in [4.78, 5) is 15.8. The Hall–Kier alpha value is -1.43. The van der Waals surface area contributed by atoms with Gasteiger partial charge in [-0.1, -0.05) is 12.1 Å². The fourth-order valence-corrected chi connectivity index (χ4v) is 1.66. The summed E-state index contributed by atoms with van der Waals surface area (Å²) in [6.07, 6.45) is 0. The van der Waals surface area contributed by atoms with Crippen LogP contribution in [0.5, 0.6) is 0 Å². The SMILES string of the molecule is CN(C)CCN(C)Cc1cccc(C(=O)NN)c1. The molecule has 0 spiro atoms. The van der Waals surface area contributed by atoms with Gasteiger partial charge < -0.3 is 9.80 Å². The number of rotatable bonds is 6. The van der Waals surface area contributed by atoms with Crippen molar-refractivity contribution in [2.75, 3.05) is 34.2 Å². The first-order valence-electron chi connectivity index (χ1n) is 5.96. The van der Waals surface area contributed by atoms with Gasteiger partial charge in [0.05, 0.1) is 0 Å². The standard InChI is InChI=1S/C13H22N4O/c1-16(2)7-8-17(3)10-11-5-4-6-12(9-11)13(18)15-14/h4-6,9H,7-8,10,14H2,1-3H3,(H,15,18). The Balaban J connectivity index is 2.59. The number of nitrogens with two attached hydrogens (primary N) is 1. The Kier molecular flexibility index (Phi) is 5.77. The van der Waals surface area contributed by atoms with E-state index in [1.165, 1.54) is 0 Å². The maximum atomic E-state index is 11.4. The van der Waals surface area contributed by atoms with Crippen LogP contribution in [0.15, 0.2) is 24.3 Å².